The molecule has 0 amide bonds. The molecule has 14 heavy (non-hydrogen) atoms. The number of rotatable bonds is 3. The van der Waals surface area contributed by atoms with Crippen molar-refractivity contribution in [2.45, 2.75) is 0 Å². The van der Waals surface area contributed by atoms with E-state index in [1.165, 1.54) is 6.07 Å². The van der Waals surface area contributed by atoms with E-state index in [2.05, 4.69) is 4.74 Å². The second-order valence-electron chi connectivity index (χ2n) is 2.22. The van der Waals surface area contributed by atoms with Gasteiger partial charge in [0, 0.05) is 6.07 Å². The second kappa shape index (κ2) is 4.43. The van der Waals surface area contributed by atoms with Crippen molar-refractivity contribution < 1.29 is 14.1 Å². The molecule has 0 aromatic heterocycles. The van der Waals surface area contributed by atoms with Gasteiger partial charge in [0.15, 0.2) is 0 Å². The van der Waals surface area contributed by atoms with Gasteiger partial charge in [0.05, 0.1) is 9.95 Å². The molecule has 76 valence electrons. The average molecular weight is 240 g/mol. The Morgan fingerprint density at radius 1 is 1.50 bits per heavy atom. The van der Waals surface area contributed by atoms with E-state index in [9.17, 15) is 14.5 Å². The summed E-state index contributed by atoms with van der Waals surface area (Å²) in [6, 6.07) is 2.34. The van der Waals surface area contributed by atoms with Gasteiger partial charge in [-0.15, -0.1) is 0 Å². The Hall–Kier alpha value is -1.07. The fourth-order valence-corrected chi connectivity index (χ4v) is 1.22. The molecule has 0 radical (unpaired) electrons. The summed E-state index contributed by atoms with van der Waals surface area (Å²) >= 11 is 11.2. The summed E-state index contributed by atoms with van der Waals surface area (Å²) < 4.78 is 16.3. The molecule has 0 aliphatic rings. The molecule has 0 aliphatic carbocycles. The Balaban J connectivity index is 3.29. The van der Waals surface area contributed by atoms with Crippen LogP contribution in [0.4, 0.5) is 10.1 Å². The third-order valence-corrected chi connectivity index (χ3v) is 2.21. The molecule has 7 heteroatoms. The van der Waals surface area contributed by atoms with Gasteiger partial charge in [-0.3, -0.25) is 10.1 Å². The Bertz CT molecular complexity index is 372. The largest absolute Gasteiger partial charge is 0.454 e. The maximum Gasteiger partial charge on any atom is 0.312 e. The van der Waals surface area contributed by atoms with Crippen molar-refractivity contribution in [3.8, 4) is 5.75 Å². The lowest BCUT2D eigenvalue weighted by molar-refractivity contribution is -0.386. The standard InChI is InChI=1S/C7H4Cl2FNO3/c8-4-1-2-5(11(12)13)7(6(4)9)14-3-10/h1-2H,3H2. The van der Waals surface area contributed by atoms with Gasteiger partial charge >= 0.3 is 5.69 Å². The van der Waals surface area contributed by atoms with Crippen molar-refractivity contribution in [1.29, 1.82) is 0 Å². The maximum absolute atomic E-state index is 11.9. The first-order valence-electron chi connectivity index (χ1n) is 3.39. The van der Waals surface area contributed by atoms with E-state index in [0.29, 0.717) is 0 Å². The second-order valence-corrected chi connectivity index (χ2v) is 3.01. The highest BCUT2D eigenvalue weighted by Crippen LogP contribution is 2.39. The van der Waals surface area contributed by atoms with Gasteiger partial charge in [-0.05, 0) is 6.07 Å². The zero-order chi connectivity index (χ0) is 10.7. The highest BCUT2D eigenvalue weighted by Gasteiger charge is 2.20. The van der Waals surface area contributed by atoms with E-state index < -0.39 is 17.5 Å². The van der Waals surface area contributed by atoms with Gasteiger partial charge in [0.2, 0.25) is 12.6 Å². The predicted molar refractivity (Wildman–Crippen MR) is 49.7 cm³/mol. The lowest BCUT2D eigenvalue weighted by Gasteiger charge is -2.05. The van der Waals surface area contributed by atoms with Crippen LogP contribution in [-0.2, 0) is 0 Å². The summed E-state index contributed by atoms with van der Waals surface area (Å²) in [4.78, 5) is 9.73. The fourth-order valence-electron chi connectivity index (χ4n) is 0.857. The molecule has 0 heterocycles. The van der Waals surface area contributed by atoms with Crippen LogP contribution in [0, 0.1) is 10.1 Å². The summed E-state index contributed by atoms with van der Waals surface area (Å²) in [5, 5.41) is 10.4. The van der Waals surface area contributed by atoms with E-state index >= 15 is 0 Å². The lowest BCUT2D eigenvalue weighted by Crippen LogP contribution is -1.97. The molecule has 1 aromatic carbocycles. The molecule has 0 N–H and O–H groups in total. The van der Waals surface area contributed by atoms with Gasteiger partial charge in [0.1, 0.15) is 5.02 Å². The first kappa shape index (κ1) is 11.0. The van der Waals surface area contributed by atoms with Crippen molar-refractivity contribution in [2.75, 3.05) is 6.86 Å². The van der Waals surface area contributed by atoms with Crippen LogP contribution < -0.4 is 4.74 Å². The summed E-state index contributed by atoms with van der Waals surface area (Å²) in [5.41, 5.74) is -0.419. The molecule has 0 atom stereocenters. The van der Waals surface area contributed by atoms with Crippen molar-refractivity contribution in [2.24, 2.45) is 0 Å². The number of nitrogens with zero attached hydrogens (tertiary/aromatic N) is 1. The number of alkyl halides is 1. The Morgan fingerprint density at radius 3 is 2.64 bits per heavy atom. The number of hydrogen-bond donors (Lipinski definition) is 0. The van der Waals surface area contributed by atoms with E-state index in [0.717, 1.165) is 6.07 Å². The van der Waals surface area contributed by atoms with Crippen LogP contribution >= 0.6 is 23.2 Å². The normalized spacial score (nSPS) is 9.93. The van der Waals surface area contributed by atoms with Crippen LogP contribution in [-0.4, -0.2) is 11.8 Å². The number of nitro groups is 1. The minimum absolute atomic E-state index is 0.0701. The maximum atomic E-state index is 11.9. The SMILES string of the molecule is O=[N+]([O-])c1ccc(Cl)c(Cl)c1OCF. The molecule has 0 fully saturated rings. The molecule has 0 unspecified atom stereocenters. The van der Waals surface area contributed by atoms with E-state index in [4.69, 9.17) is 23.2 Å². The van der Waals surface area contributed by atoms with Gasteiger partial charge in [-0.2, -0.15) is 0 Å². The number of halogens is 3. The molecule has 1 aromatic rings. The first-order chi connectivity index (χ1) is 6.57. The molecular weight excluding hydrogens is 236 g/mol. The van der Waals surface area contributed by atoms with Crippen molar-refractivity contribution in [3.63, 3.8) is 0 Å². The monoisotopic (exact) mass is 239 g/mol. The zero-order valence-corrected chi connectivity index (χ0v) is 8.18. The van der Waals surface area contributed by atoms with E-state index in [1.807, 2.05) is 0 Å². The van der Waals surface area contributed by atoms with Gasteiger partial charge in [-0.1, -0.05) is 23.2 Å². The molecule has 4 nitrogen and oxygen atoms in total. The lowest BCUT2D eigenvalue weighted by atomic mass is 10.3. The number of nitro benzene ring substituents is 1. The van der Waals surface area contributed by atoms with Crippen LogP contribution in [0.1, 0.15) is 0 Å². The van der Waals surface area contributed by atoms with Crippen LogP contribution in [0.25, 0.3) is 0 Å². The summed E-state index contributed by atoms with van der Waals surface area (Å²) in [7, 11) is 0. The number of ether oxygens (including phenoxy) is 1. The van der Waals surface area contributed by atoms with Crippen LogP contribution in [0.3, 0.4) is 0 Å². The minimum atomic E-state index is -1.21. The molecule has 0 bridgehead atoms. The smallest absolute Gasteiger partial charge is 0.312 e. The molecule has 0 saturated heterocycles. The van der Waals surface area contributed by atoms with Crippen molar-refractivity contribution >= 4 is 28.9 Å². The summed E-state index contributed by atoms with van der Waals surface area (Å²) in [6.07, 6.45) is 0. The first-order valence-corrected chi connectivity index (χ1v) is 4.14. The fraction of sp³-hybridized carbons (Fsp3) is 0.143. The summed E-state index contributed by atoms with van der Waals surface area (Å²) in [6.45, 7) is -1.21. The molecule has 0 spiro atoms. The Labute approximate surface area is 88.3 Å². The third-order valence-electron chi connectivity index (χ3n) is 1.42. The molecule has 0 aliphatic heterocycles. The van der Waals surface area contributed by atoms with E-state index in [1.54, 1.807) is 0 Å². The van der Waals surface area contributed by atoms with Crippen LogP contribution in [0.2, 0.25) is 10.0 Å². The summed E-state index contributed by atoms with van der Waals surface area (Å²) in [5.74, 6) is -0.355. The topological polar surface area (TPSA) is 52.4 Å². The highest BCUT2D eigenvalue weighted by molar-refractivity contribution is 6.43. The van der Waals surface area contributed by atoms with Gasteiger partial charge in [-0.25, -0.2) is 4.39 Å². The molecule has 1 rings (SSSR count). The average Bonchev–Trinajstić information content (AvgIpc) is 2.13. The Morgan fingerprint density at radius 2 is 2.14 bits per heavy atom. The highest BCUT2D eigenvalue weighted by atomic mass is 35.5. The van der Waals surface area contributed by atoms with Crippen LogP contribution in [0.5, 0.6) is 5.75 Å². The van der Waals surface area contributed by atoms with Crippen molar-refractivity contribution in [1.82, 2.24) is 0 Å². The van der Waals surface area contributed by atoms with Gasteiger partial charge < -0.3 is 4.74 Å². The van der Waals surface area contributed by atoms with Crippen LogP contribution in [0.15, 0.2) is 12.1 Å². The number of hydrogen-bond acceptors (Lipinski definition) is 3. The van der Waals surface area contributed by atoms with Crippen molar-refractivity contribution in [3.05, 3.63) is 32.3 Å². The quantitative estimate of drug-likeness (QED) is 0.602. The number of benzene rings is 1. The third kappa shape index (κ3) is 2.05. The molecular formula is C7H4Cl2FNO3. The zero-order valence-electron chi connectivity index (χ0n) is 6.67. The predicted octanol–water partition coefficient (Wildman–Crippen LogP) is 3.21. The molecule has 0 saturated carbocycles. The Kier molecular flexibility index (Phi) is 3.49. The minimum Gasteiger partial charge on any atom is -0.454 e. The van der Waals surface area contributed by atoms with E-state index in [-0.39, 0.29) is 15.8 Å². The van der Waals surface area contributed by atoms with Gasteiger partial charge in [0.25, 0.3) is 0 Å².